The summed E-state index contributed by atoms with van der Waals surface area (Å²) in [4.78, 5) is 14.5. The number of rotatable bonds is 3. The van der Waals surface area contributed by atoms with Gasteiger partial charge in [-0.3, -0.25) is 4.79 Å². The molecule has 76 valence electrons. The fraction of sp³-hybridized carbons (Fsp3) is 0.0909. The highest BCUT2D eigenvalue weighted by atomic mass is 32.1. The van der Waals surface area contributed by atoms with Crippen LogP contribution in [0.5, 0.6) is 0 Å². The summed E-state index contributed by atoms with van der Waals surface area (Å²) < 4.78 is 12.9. The molecule has 0 N–H and O–H groups in total. The van der Waals surface area contributed by atoms with E-state index in [1.54, 1.807) is 11.4 Å². The molecule has 0 saturated carbocycles. The summed E-state index contributed by atoms with van der Waals surface area (Å²) in [7, 11) is 0. The average molecular weight is 221 g/mol. The van der Waals surface area contributed by atoms with Gasteiger partial charge in [0.25, 0.3) is 0 Å². The Balaban J connectivity index is 2.18. The molecule has 0 saturated heterocycles. The normalized spacial score (nSPS) is 10.2. The predicted molar refractivity (Wildman–Crippen MR) is 56.7 cm³/mol. The second kappa shape index (κ2) is 4.31. The number of hydrogen-bond acceptors (Lipinski definition) is 3. The van der Waals surface area contributed by atoms with Gasteiger partial charge in [0.2, 0.25) is 0 Å². The van der Waals surface area contributed by atoms with Crippen molar-refractivity contribution in [1.82, 2.24) is 4.98 Å². The first-order valence-electron chi connectivity index (χ1n) is 4.42. The number of halogens is 1. The van der Waals surface area contributed by atoms with E-state index in [1.165, 1.54) is 23.5 Å². The average Bonchev–Trinajstić information content (AvgIpc) is 2.65. The first kappa shape index (κ1) is 9.98. The van der Waals surface area contributed by atoms with E-state index in [1.807, 2.05) is 6.07 Å². The molecule has 0 atom stereocenters. The Hall–Kier alpha value is -1.55. The Bertz CT molecular complexity index is 481. The number of carbonyl (C=O) groups excluding carboxylic acids is 1. The van der Waals surface area contributed by atoms with Crippen molar-refractivity contribution in [3.63, 3.8) is 0 Å². The number of aromatic nitrogens is 1. The molecular formula is C11H8FNOS. The van der Waals surface area contributed by atoms with Gasteiger partial charge in [-0.2, -0.15) is 0 Å². The third-order valence-corrected chi connectivity index (χ3v) is 2.80. The molecule has 0 spiro atoms. The van der Waals surface area contributed by atoms with Crippen LogP contribution in [-0.2, 0) is 6.42 Å². The van der Waals surface area contributed by atoms with Crippen molar-refractivity contribution in [2.45, 2.75) is 6.42 Å². The number of hydrogen-bond donors (Lipinski definition) is 0. The lowest BCUT2D eigenvalue weighted by molar-refractivity contribution is 0.111. The molecule has 1 heterocycles. The molecule has 2 rings (SSSR count). The Morgan fingerprint density at radius 1 is 1.47 bits per heavy atom. The van der Waals surface area contributed by atoms with Crippen LogP contribution in [0.25, 0.3) is 0 Å². The highest BCUT2D eigenvalue weighted by Crippen LogP contribution is 2.14. The van der Waals surface area contributed by atoms with Gasteiger partial charge in [0.05, 0.1) is 5.01 Å². The quantitative estimate of drug-likeness (QED) is 0.746. The molecule has 2 nitrogen and oxygen atoms in total. The molecule has 4 heteroatoms. The van der Waals surface area contributed by atoms with Gasteiger partial charge in [-0.15, -0.1) is 11.3 Å². The minimum Gasteiger partial charge on any atom is -0.296 e. The van der Waals surface area contributed by atoms with Gasteiger partial charge >= 0.3 is 0 Å². The molecule has 0 aliphatic rings. The highest BCUT2D eigenvalue weighted by Gasteiger charge is 2.02. The molecule has 0 fully saturated rings. The van der Waals surface area contributed by atoms with E-state index in [9.17, 15) is 9.18 Å². The lowest BCUT2D eigenvalue weighted by atomic mass is 10.1. The van der Waals surface area contributed by atoms with Crippen LogP contribution >= 0.6 is 11.3 Å². The number of benzene rings is 1. The van der Waals surface area contributed by atoms with Gasteiger partial charge in [0.15, 0.2) is 6.29 Å². The van der Waals surface area contributed by atoms with Gasteiger partial charge in [-0.1, -0.05) is 12.1 Å². The Morgan fingerprint density at radius 3 is 3.00 bits per heavy atom. The Labute approximate surface area is 90.4 Å². The van der Waals surface area contributed by atoms with Gasteiger partial charge in [0, 0.05) is 11.8 Å². The van der Waals surface area contributed by atoms with E-state index >= 15 is 0 Å². The van der Waals surface area contributed by atoms with Crippen molar-refractivity contribution in [2.75, 3.05) is 0 Å². The molecule has 0 amide bonds. The molecule has 0 bridgehead atoms. The van der Waals surface area contributed by atoms with E-state index in [-0.39, 0.29) is 5.82 Å². The minimum absolute atomic E-state index is 0.250. The highest BCUT2D eigenvalue weighted by molar-refractivity contribution is 7.09. The van der Waals surface area contributed by atoms with E-state index in [2.05, 4.69) is 4.98 Å². The summed E-state index contributed by atoms with van der Waals surface area (Å²) in [5.41, 5.74) is 1.30. The van der Waals surface area contributed by atoms with Gasteiger partial charge in [-0.05, 0) is 17.7 Å². The number of thiazole rings is 1. The second-order valence-corrected chi connectivity index (χ2v) is 4.03. The van der Waals surface area contributed by atoms with Crippen LogP contribution in [0.1, 0.15) is 21.1 Å². The van der Waals surface area contributed by atoms with E-state index in [4.69, 9.17) is 0 Å². The van der Waals surface area contributed by atoms with Crippen LogP contribution in [0.4, 0.5) is 4.39 Å². The van der Waals surface area contributed by atoms with Crippen LogP contribution in [-0.4, -0.2) is 11.3 Å². The van der Waals surface area contributed by atoms with Crippen molar-refractivity contribution in [3.05, 3.63) is 51.7 Å². The largest absolute Gasteiger partial charge is 0.296 e. The smallest absolute Gasteiger partial charge is 0.169 e. The summed E-state index contributed by atoms with van der Waals surface area (Å²) >= 11 is 1.41. The van der Waals surface area contributed by atoms with Crippen molar-refractivity contribution >= 4 is 17.6 Å². The van der Waals surface area contributed by atoms with E-state index < -0.39 is 0 Å². The van der Waals surface area contributed by atoms with Crippen molar-refractivity contribution in [3.8, 4) is 0 Å². The third-order valence-electron chi connectivity index (χ3n) is 1.93. The monoisotopic (exact) mass is 221 g/mol. The fourth-order valence-electron chi connectivity index (χ4n) is 1.28. The zero-order valence-corrected chi connectivity index (χ0v) is 8.63. The van der Waals surface area contributed by atoms with Gasteiger partial charge in [-0.25, -0.2) is 9.37 Å². The van der Waals surface area contributed by atoms with Crippen LogP contribution in [0.2, 0.25) is 0 Å². The predicted octanol–water partition coefficient (Wildman–Crippen LogP) is 2.69. The van der Waals surface area contributed by atoms with Crippen LogP contribution < -0.4 is 0 Å². The van der Waals surface area contributed by atoms with Crippen LogP contribution in [0.15, 0.2) is 29.6 Å². The Kier molecular flexibility index (Phi) is 2.87. The van der Waals surface area contributed by atoms with E-state index in [0.717, 1.165) is 10.6 Å². The molecule has 0 unspecified atom stereocenters. The fourth-order valence-corrected chi connectivity index (χ4v) is 2.06. The maximum absolute atomic E-state index is 12.9. The summed E-state index contributed by atoms with van der Waals surface area (Å²) in [5.74, 6) is -0.250. The maximum atomic E-state index is 12.9. The topological polar surface area (TPSA) is 30.0 Å². The minimum atomic E-state index is -0.250. The number of carbonyl (C=O) groups is 1. The maximum Gasteiger partial charge on any atom is 0.169 e. The van der Waals surface area contributed by atoms with Crippen molar-refractivity contribution in [2.24, 2.45) is 0 Å². The molecule has 0 aliphatic carbocycles. The third kappa shape index (κ3) is 2.47. The van der Waals surface area contributed by atoms with Crippen molar-refractivity contribution < 1.29 is 9.18 Å². The first-order valence-corrected chi connectivity index (χ1v) is 5.30. The van der Waals surface area contributed by atoms with Crippen LogP contribution in [0, 0.1) is 5.82 Å². The molecule has 15 heavy (non-hydrogen) atoms. The second-order valence-electron chi connectivity index (χ2n) is 3.09. The molecular weight excluding hydrogens is 213 g/mol. The van der Waals surface area contributed by atoms with Gasteiger partial charge < -0.3 is 0 Å². The molecule has 2 aromatic rings. The number of nitrogens with zero attached hydrogens (tertiary/aromatic N) is 1. The summed E-state index contributed by atoms with van der Waals surface area (Å²) in [6, 6.07) is 6.38. The Morgan fingerprint density at radius 2 is 2.33 bits per heavy atom. The zero-order chi connectivity index (χ0) is 10.7. The lowest BCUT2D eigenvalue weighted by Gasteiger charge is -1.97. The summed E-state index contributed by atoms with van der Waals surface area (Å²) in [6.45, 7) is 0. The summed E-state index contributed by atoms with van der Waals surface area (Å²) in [6.07, 6.45) is 1.28. The standard InChI is InChI=1S/C11H8FNOS/c12-9-3-1-2-8(4-9)5-11-13-10(6-14)7-15-11/h1-4,6-7H,5H2. The molecule has 1 aromatic heterocycles. The molecule has 0 radical (unpaired) electrons. The first-order chi connectivity index (χ1) is 7.28. The zero-order valence-electron chi connectivity index (χ0n) is 7.81. The number of aldehydes is 1. The van der Waals surface area contributed by atoms with Crippen molar-refractivity contribution in [1.29, 1.82) is 0 Å². The summed E-state index contributed by atoms with van der Waals surface area (Å²) in [5, 5.41) is 2.52. The SMILES string of the molecule is O=Cc1csc(Cc2cccc(F)c2)n1. The lowest BCUT2D eigenvalue weighted by Crippen LogP contribution is -1.89. The van der Waals surface area contributed by atoms with E-state index in [0.29, 0.717) is 18.4 Å². The van der Waals surface area contributed by atoms with Crippen LogP contribution in [0.3, 0.4) is 0 Å². The van der Waals surface area contributed by atoms with Gasteiger partial charge in [0.1, 0.15) is 11.5 Å². The molecule has 0 aliphatic heterocycles. The molecule has 1 aromatic carbocycles.